The molecule has 2 rings (SSSR count). The molecule has 1 saturated heterocycles. The first kappa shape index (κ1) is 9.94. The molecule has 0 N–H and O–H groups in total. The zero-order valence-corrected chi connectivity index (χ0v) is 9.00. The fraction of sp³-hybridized carbons (Fsp3) is 0.455. The van der Waals surface area contributed by atoms with E-state index in [0.717, 1.165) is 5.56 Å². The van der Waals surface area contributed by atoms with Gasteiger partial charge in [0.2, 0.25) is 0 Å². The highest BCUT2D eigenvalue weighted by atomic mass is 35.5. The van der Waals surface area contributed by atoms with Crippen LogP contribution in [0.25, 0.3) is 0 Å². The van der Waals surface area contributed by atoms with Crippen LogP contribution in [-0.2, 0) is 0 Å². The van der Waals surface area contributed by atoms with E-state index in [2.05, 4.69) is 0 Å². The van der Waals surface area contributed by atoms with Gasteiger partial charge in [-0.2, -0.15) is 0 Å². The van der Waals surface area contributed by atoms with E-state index in [1.165, 1.54) is 0 Å². The Morgan fingerprint density at radius 2 is 1.86 bits per heavy atom. The van der Waals surface area contributed by atoms with Crippen LogP contribution in [0.3, 0.4) is 0 Å². The summed E-state index contributed by atoms with van der Waals surface area (Å²) in [4.78, 5) is 1.84. The summed E-state index contributed by atoms with van der Waals surface area (Å²) in [7, 11) is 0. The minimum atomic E-state index is -0.823. The van der Waals surface area contributed by atoms with Crippen molar-refractivity contribution in [2.45, 2.75) is 32.2 Å². The Hall–Kier alpha value is -0.600. The molecule has 1 aliphatic heterocycles. The zero-order chi connectivity index (χ0) is 10.3. The van der Waals surface area contributed by atoms with E-state index in [-0.39, 0.29) is 12.1 Å². The molecule has 1 heterocycles. The lowest BCUT2D eigenvalue weighted by atomic mass is 10.1. The molecule has 0 amide bonds. The Kier molecular flexibility index (Phi) is 2.50. The van der Waals surface area contributed by atoms with Gasteiger partial charge in [-0.05, 0) is 31.5 Å². The zero-order valence-electron chi connectivity index (χ0n) is 8.24. The van der Waals surface area contributed by atoms with Crippen molar-refractivity contribution in [1.82, 2.24) is 4.90 Å². The van der Waals surface area contributed by atoms with Crippen LogP contribution in [0.1, 0.15) is 25.5 Å². The molecule has 1 nitrogen and oxygen atoms in total. The van der Waals surface area contributed by atoms with E-state index < -0.39 is 6.30 Å². The summed E-state index contributed by atoms with van der Waals surface area (Å²) < 4.78 is 13.4. The Morgan fingerprint density at radius 3 is 2.29 bits per heavy atom. The van der Waals surface area contributed by atoms with E-state index in [9.17, 15) is 4.39 Å². The molecule has 0 aromatic heterocycles. The fourth-order valence-corrected chi connectivity index (χ4v) is 1.94. The molecule has 3 heteroatoms. The van der Waals surface area contributed by atoms with Gasteiger partial charge in [0.25, 0.3) is 0 Å². The summed E-state index contributed by atoms with van der Waals surface area (Å²) in [6.45, 7) is 4.00. The second kappa shape index (κ2) is 3.52. The number of nitrogens with zero attached hydrogens (tertiary/aromatic N) is 1. The highest BCUT2D eigenvalue weighted by molar-refractivity contribution is 6.30. The minimum Gasteiger partial charge on any atom is -0.258 e. The molecule has 1 unspecified atom stereocenters. The van der Waals surface area contributed by atoms with Crippen molar-refractivity contribution >= 4 is 11.6 Å². The van der Waals surface area contributed by atoms with Crippen molar-refractivity contribution in [3.05, 3.63) is 34.9 Å². The fourth-order valence-electron chi connectivity index (χ4n) is 1.81. The number of benzene rings is 1. The van der Waals surface area contributed by atoms with Gasteiger partial charge in [0, 0.05) is 11.1 Å². The number of hydrogen-bond acceptors (Lipinski definition) is 1. The average molecular weight is 214 g/mol. The largest absolute Gasteiger partial charge is 0.258 e. The molecule has 76 valence electrons. The summed E-state index contributed by atoms with van der Waals surface area (Å²) in [5.41, 5.74) is 1.01. The van der Waals surface area contributed by atoms with Gasteiger partial charge in [-0.3, -0.25) is 4.90 Å². The topological polar surface area (TPSA) is 3.01 Å². The third-order valence-electron chi connectivity index (χ3n) is 2.58. The van der Waals surface area contributed by atoms with Crippen LogP contribution < -0.4 is 0 Å². The first-order valence-corrected chi connectivity index (χ1v) is 5.16. The molecule has 0 aliphatic carbocycles. The van der Waals surface area contributed by atoms with Crippen LogP contribution in [0.15, 0.2) is 24.3 Å². The van der Waals surface area contributed by atoms with Gasteiger partial charge in [0.1, 0.15) is 0 Å². The van der Waals surface area contributed by atoms with Gasteiger partial charge in [-0.25, -0.2) is 4.39 Å². The van der Waals surface area contributed by atoms with E-state index in [0.29, 0.717) is 5.02 Å². The van der Waals surface area contributed by atoms with Crippen LogP contribution in [0.2, 0.25) is 5.02 Å². The Balaban J connectivity index is 2.15. The monoisotopic (exact) mass is 213 g/mol. The van der Waals surface area contributed by atoms with E-state index >= 15 is 0 Å². The maximum Gasteiger partial charge on any atom is 0.174 e. The first-order valence-electron chi connectivity index (χ1n) is 4.78. The second-order valence-electron chi connectivity index (χ2n) is 3.91. The Morgan fingerprint density at radius 1 is 1.29 bits per heavy atom. The van der Waals surface area contributed by atoms with E-state index in [4.69, 9.17) is 11.6 Å². The SMILES string of the molecule is CC(C)N1[C@H](F)[C@H]1c1ccc(Cl)cc1. The Labute approximate surface area is 88.5 Å². The van der Waals surface area contributed by atoms with Crippen molar-refractivity contribution in [3.8, 4) is 0 Å². The molecule has 0 saturated carbocycles. The summed E-state index contributed by atoms with van der Waals surface area (Å²) in [6.07, 6.45) is -0.823. The number of rotatable bonds is 2. The van der Waals surface area contributed by atoms with Crippen molar-refractivity contribution in [3.63, 3.8) is 0 Å². The molecule has 1 aromatic rings. The standard InChI is InChI=1S/C11H13ClFN/c1-7(2)14-10(11(14)13)8-3-5-9(12)6-4-8/h3-7,10-11H,1-2H3/t10-,11+,14?/m1/s1. The molecule has 14 heavy (non-hydrogen) atoms. The predicted octanol–water partition coefficient (Wildman–Crippen LogP) is 3.40. The lowest BCUT2D eigenvalue weighted by molar-refractivity contribution is 0.308. The van der Waals surface area contributed by atoms with Crippen LogP contribution in [0.4, 0.5) is 4.39 Å². The smallest absolute Gasteiger partial charge is 0.174 e. The van der Waals surface area contributed by atoms with Crippen LogP contribution in [-0.4, -0.2) is 17.2 Å². The molecular weight excluding hydrogens is 201 g/mol. The average Bonchev–Trinajstić information content (AvgIpc) is 2.79. The number of hydrogen-bond donors (Lipinski definition) is 0. The maximum absolute atomic E-state index is 13.4. The van der Waals surface area contributed by atoms with Crippen LogP contribution >= 0.6 is 11.6 Å². The summed E-state index contributed by atoms with van der Waals surface area (Å²) >= 11 is 5.76. The van der Waals surface area contributed by atoms with Gasteiger partial charge in [0.15, 0.2) is 6.30 Å². The third kappa shape index (κ3) is 1.64. The van der Waals surface area contributed by atoms with Crippen molar-refractivity contribution < 1.29 is 4.39 Å². The normalized spacial score (nSPS) is 30.8. The summed E-state index contributed by atoms with van der Waals surface area (Å²) in [5, 5.41) is 0.695. The van der Waals surface area contributed by atoms with Crippen LogP contribution in [0, 0.1) is 0 Å². The van der Waals surface area contributed by atoms with E-state index in [1.807, 2.05) is 30.9 Å². The Bertz CT molecular complexity index is 323. The van der Waals surface area contributed by atoms with Gasteiger partial charge >= 0.3 is 0 Å². The molecule has 1 aromatic carbocycles. The van der Waals surface area contributed by atoms with Crippen molar-refractivity contribution in [2.75, 3.05) is 0 Å². The second-order valence-corrected chi connectivity index (χ2v) is 4.35. The van der Waals surface area contributed by atoms with Gasteiger partial charge < -0.3 is 0 Å². The first-order chi connectivity index (χ1) is 6.61. The van der Waals surface area contributed by atoms with Crippen LogP contribution in [0.5, 0.6) is 0 Å². The molecule has 3 atom stereocenters. The highest BCUT2D eigenvalue weighted by Gasteiger charge is 2.50. The number of alkyl halides is 1. The predicted molar refractivity (Wildman–Crippen MR) is 56.1 cm³/mol. The van der Waals surface area contributed by atoms with E-state index in [1.54, 1.807) is 12.1 Å². The van der Waals surface area contributed by atoms with Gasteiger partial charge in [-0.1, -0.05) is 23.7 Å². The lowest BCUT2D eigenvalue weighted by Crippen LogP contribution is -2.10. The van der Waals surface area contributed by atoms with Gasteiger partial charge in [0.05, 0.1) is 6.04 Å². The number of halogens is 2. The summed E-state index contributed by atoms with van der Waals surface area (Å²) in [5.74, 6) is 0. The molecule has 0 bridgehead atoms. The quantitative estimate of drug-likeness (QED) is 0.538. The molecule has 1 fully saturated rings. The van der Waals surface area contributed by atoms with Crippen molar-refractivity contribution in [2.24, 2.45) is 0 Å². The van der Waals surface area contributed by atoms with Crippen molar-refractivity contribution in [1.29, 1.82) is 0 Å². The molecule has 1 aliphatic rings. The lowest BCUT2D eigenvalue weighted by Gasteiger charge is -2.05. The minimum absolute atomic E-state index is 0.0627. The molecule has 0 spiro atoms. The summed E-state index contributed by atoms with van der Waals surface area (Å²) in [6, 6.07) is 7.59. The molecule has 0 radical (unpaired) electrons. The highest BCUT2D eigenvalue weighted by Crippen LogP contribution is 2.45. The maximum atomic E-state index is 13.4. The molecular formula is C11H13ClFN. The van der Waals surface area contributed by atoms with Gasteiger partial charge in [-0.15, -0.1) is 0 Å². The third-order valence-corrected chi connectivity index (χ3v) is 2.84.